The Labute approximate surface area is 173 Å². The van der Waals surface area contributed by atoms with Crippen LogP contribution >= 0.6 is 23.1 Å². The van der Waals surface area contributed by atoms with Gasteiger partial charge in [-0.05, 0) is 66.8 Å². The smallest absolute Gasteiger partial charge is 0.143 e. The lowest BCUT2D eigenvalue weighted by molar-refractivity contribution is 0.686. The maximum absolute atomic E-state index is 4.58. The summed E-state index contributed by atoms with van der Waals surface area (Å²) in [6.45, 7) is 0. The average Bonchev–Trinajstić information content (AvgIpc) is 3.19. The lowest BCUT2D eigenvalue weighted by Crippen LogP contribution is -2.02. The number of aryl methyl sites for hydroxylation is 2. The van der Waals surface area contributed by atoms with E-state index in [1.165, 1.54) is 52.8 Å². The summed E-state index contributed by atoms with van der Waals surface area (Å²) in [5, 5.41) is 6.85. The van der Waals surface area contributed by atoms with Gasteiger partial charge in [-0.2, -0.15) is 0 Å². The van der Waals surface area contributed by atoms with Gasteiger partial charge in [-0.25, -0.2) is 9.97 Å². The van der Waals surface area contributed by atoms with Crippen molar-refractivity contribution in [2.75, 3.05) is 11.6 Å². The maximum atomic E-state index is 4.58. The van der Waals surface area contributed by atoms with Gasteiger partial charge in [0.2, 0.25) is 0 Å². The molecular weight excluding hydrogens is 382 g/mol. The first-order chi connectivity index (χ1) is 13.8. The normalized spacial score (nSPS) is 13.5. The Morgan fingerprint density at radius 1 is 1.00 bits per heavy atom. The van der Waals surface area contributed by atoms with Crippen molar-refractivity contribution in [3.63, 3.8) is 0 Å². The van der Waals surface area contributed by atoms with Crippen molar-refractivity contribution in [2.45, 2.75) is 30.6 Å². The number of aromatic nitrogens is 2. The first-order valence-electron chi connectivity index (χ1n) is 9.57. The van der Waals surface area contributed by atoms with Crippen molar-refractivity contribution < 1.29 is 0 Å². The summed E-state index contributed by atoms with van der Waals surface area (Å²) in [5.41, 5.74) is 6.55. The number of thioether (sulfide) groups is 1. The van der Waals surface area contributed by atoms with Gasteiger partial charge in [-0.15, -0.1) is 23.1 Å². The Kier molecular flexibility index (Phi) is 4.79. The van der Waals surface area contributed by atoms with E-state index in [-0.39, 0.29) is 0 Å². The predicted molar refractivity (Wildman–Crippen MR) is 121 cm³/mol. The number of hydrogen-bond acceptors (Lipinski definition) is 5. The first-order valence-corrected chi connectivity index (χ1v) is 11.7. The van der Waals surface area contributed by atoms with Gasteiger partial charge in [0.1, 0.15) is 17.0 Å². The zero-order chi connectivity index (χ0) is 18.9. The summed E-state index contributed by atoms with van der Waals surface area (Å²) in [7, 11) is 0. The zero-order valence-electron chi connectivity index (χ0n) is 15.7. The van der Waals surface area contributed by atoms with Gasteiger partial charge in [0.05, 0.1) is 5.39 Å². The maximum Gasteiger partial charge on any atom is 0.143 e. The second-order valence-corrected chi connectivity index (χ2v) is 8.84. The number of rotatable bonds is 4. The number of benzene rings is 2. The fourth-order valence-corrected chi connectivity index (χ4v) is 5.30. The summed E-state index contributed by atoms with van der Waals surface area (Å²) in [5.74, 6) is 0.872. The van der Waals surface area contributed by atoms with E-state index < -0.39 is 0 Å². The van der Waals surface area contributed by atoms with Crippen LogP contribution in [0.4, 0.5) is 11.5 Å². The third-order valence-corrected chi connectivity index (χ3v) is 6.97. The highest BCUT2D eigenvalue weighted by molar-refractivity contribution is 7.98. The minimum absolute atomic E-state index is 0.872. The molecule has 2 heterocycles. The van der Waals surface area contributed by atoms with E-state index in [1.54, 1.807) is 29.4 Å². The Morgan fingerprint density at radius 2 is 1.89 bits per heavy atom. The van der Waals surface area contributed by atoms with Gasteiger partial charge in [0, 0.05) is 21.5 Å². The van der Waals surface area contributed by atoms with Crippen LogP contribution in [0.3, 0.4) is 0 Å². The molecule has 1 aliphatic carbocycles. The van der Waals surface area contributed by atoms with Crippen LogP contribution in [0.1, 0.15) is 24.0 Å². The number of hydrogen-bond donors (Lipinski definition) is 1. The SMILES string of the molecule is CSc1cccc(Nc2ncnc3scc(-c4ccc5c(c4)CCCC5)c23)c1. The van der Waals surface area contributed by atoms with Crippen LogP contribution in [0.15, 0.2) is 59.1 Å². The molecule has 0 saturated carbocycles. The molecule has 0 radical (unpaired) electrons. The molecule has 0 fully saturated rings. The highest BCUT2D eigenvalue weighted by Gasteiger charge is 2.16. The molecule has 5 rings (SSSR count). The third-order valence-electron chi connectivity index (χ3n) is 5.36. The lowest BCUT2D eigenvalue weighted by atomic mass is 9.89. The summed E-state index contributed by atoms with van der Waals surface area (Å²) in [6.07, 6.45) is 8.74. The molecule has 4 aromatic rings. The van der Waals surface area contributed by atoms with Crippen molar-refractivity contribution in [1.29, 1.82) is 0 Å². The molecule has 0 bridgehead atoms. The van der Waals surface area contributed by atoms with Gasteiger partial charge in [0.25, 0.3) is 0 Å². The standard InChI is InChI=1S/C23H21N3S2/c1-27-19-8-4-7-18(12-19)26-22-21-20(13-28-23(21)25-14-24-22)17-10-9-15-5-2-3-6-16(15)11-17/h4,7-14H,2-3,5-6H2,1H3,(H,24,25,26). The van der Waals surface area contributed by atoms with E-state index in [1.807, 2.05) is 0 Å². The number of nitrogens with zero attached hydrogens (tertiary/aromatic N) is 2. The number of thiophene rings is 1. The lowest BCUT2D eigenvalue weighted by Gasteiger charge is -2.16. The fraction of sp³-hybridized carbons (Fsp3) is 0.217. The highest BCUT2D eigenvalue weighted by atomic mass is 32.2. The fourth-order valence-electron chi connectivity index (χ4n) is 3.92. The average molecular weight is 404 g/mol. The van der Waals surface area contributed by atoms with E-state index in [2.05, 4.69) is 69.4 Å². The molecule has 28 heavy (non-hydrogen) atoms. The van der Waals surface area contributed by atoms with E-state index >= 15 is 0 Å². The molecule has 0 atom stereocenters. The van der Waals surface area contributed by atoms with Gasteiger partial charge < -0.3 is 5.32 Å². The molecule has 0 spiro atoms. The number of fused-ring (bicyclic) bond motifs is 2. The van der Waals surface area contributed by atoms with E-state index in [0.717, 1.165) is 21.7 Å². The minimum Gasteiger partial charge on any atom is -0.340 e. The monoisotopic (exact) mass is 403 g/mol. The number of anilines is 2. The molecule has 5 heteroatoms. The van der Waals surface area contributed by atoms with Crippen LogP contribution in [0.5, 0.6) is 0 Å². The highest BCUT2D eigenvalue weighted by Crippen LogP contribution is 2.39. The predicted octanol–water partition coefficient (Wildman–Crippen LogP) is 6.70. The molecule has 0 amide bonds. The van der Waals surface area contributed by atoms with E-state index in [4.69, 9.17) is 0 Å². The summed E-state index contributed by atoms with van der Waals surface area (Å²) >= 11 is 3.42. The Morgan fingerprint density at radius 3 is 2.79 bits per heavy atom. The summed E-state index contributed by atoms with van der Waals surface area (Å²) in [4.78, 5) is 11.3. The van der Waals surface area contributed by atoms with Crippen molar-refractivity contribution in [3.05, 3.63) is 65.3 Å². The van der Waals surface area contributed by atoms with Crippen LogP contribution in [0.25, 0.3) is 21.3 Å². The van der Waals surface area contributed by atoms with Crippen LogP contribution in [0.2, 0.25) is 0 Å². The van der Waals surface area contributed by atoms with Crippen molar-refractivity contribution in [1.82, 2.24) is 9.97 Å². The molecule has 2 aromatic heterocycles. The number of nitrogens with one attached hydrogen (secondary N) is 1. The van der Waals surface area contributed by atoms with Crippen molar-refractivity contribution in [3.8, 4) is 11.1 Å². The van der Waals surface area contributed by atoms with Gasteiger partial charge in [-0.1, -0.05) is 24.3 Å². The Bertz CT molecular complexity index is 1150. The van der Waals surface area contributed by atoms with Gasteiger partial charge in [0.15, 0.2) is 0 Å². The summed E-state index contributed by atoms with van der Waals surface area (Å²) < 4.78 is 0. The topological polar surface area (TPSA) is 37.8 Å². The molecular formula is C23H21N3S2. The largest absolute Gasteiger partial charge is 0.340 e. The van der Waals surface area contributed by atoms with E-state index in [9.17, 15) is 0 Å². The Balaban J connectivity index is 1.59. The minimum atomic E-state index is 0.872. The molecule has 0 saturated heterocycles. The molecule has 1 N–H and O–H groups in total. The molecule has 3 nitrogen and oxygen atoms in total. The molecule has 140 valence electrons. The summed E-state index contributed by atoms with van der Waals surface area (Å²) in [6, 6.07) is 15.4. The second-order valence-electron chi connectivity index (χ2n) is 7.10. The zero-order valence-corrected chi connectivity index (χ0v) is 17.4. The first kappa shape index (κ1) is 17.7. The Hall–Kier alpha value is -2.37. The molecule has 1 aliphatic rings. The van der Waals surface area contributed by atoms with Crippen LogP contribution in [-0.4, -0.2) is 16.2 Å². The molecule has 0 aliphatic heterocycles. The molecule has 0 unspecified atom stereocenters. The van der Waals surface area contributed by atoms with Gasteiger partial charge in [-0.3, -0.25) is 0 Å². The van der Waals surface area contributed by atoms with Crippen molar-refractivity contribution >= 4 is 44.8 Å². The van der Waals surface area contributed by atoms with Gasteiger partial charge >= 0.3 is 0 Å². The quantitative estimate of drug-likeness (QED) is 0.385. The van der Waals surface area contributed by atoms with Crippen molar-refractivity contribution in [2.24, 2.45) is 0 Å². The van der Waals surface area contributed by atoms with Crippen LogP contribution < -0.4 is 5.32 Å². The molecule has 2 aromatic carbocycles. The van der Waals surface area contributed by atoms with E-state index in [0.29, 0.717) is 0 Å². The third kappa shape index (κ3) is 3.29. The second kappa shape index (κ2) is 7.57. The van der Waals surface area contributed by atoms with Crippen LogP contribution in [-0.2, 0) is 12.8 Å². The van der Waals surface area contributed by atoms with Crippen LogP contribution in [0, 0.1) is 0 Å².